The number of nitrogens with one attached hydrogen (secondary N) is 2. The number of anilines is 2. The van der Waals surface area contributed by atoms with E-state index in [9.17, 15) is 4.79 Å². The van der Waals surface area contributed by atoms with Gasteiger partial charge in [0, 0.05) is 37.9 Å². The van der Waals surface area contributed by atoms with Crippen LogP contribution in [0.15, 0.2) is 30.5 Å². The van der Waals surface area contributed by atoms with Crippen LogP contribution in [-0.4, -0.2) is 73.4 Å². The highest BCUT2D eigenvalue weighted by Crippen LogP contribution is 2.65. The van der Waals surface area contributed by atoms with Crippen LogP contribution in [0.5, 0.6) is 11.5 Å². The van der Waals surface area contributed by atoms with Crippen molar-refractivity contribution in [3.05, 3.63) is 36.2 Å². The lowest BCUT2D eigenvalue weighted by Crippen LogP contribution is -2.47. The van der Waals surface area contributed by atoms with Crippen LogP contribution < -0.4 is 20.1 Å². The van der Waals surface area contributed by atoms with Crippen molar-refractivity contribution >= 4 is 17.5 Å². The van der Waals surface area contributed by atoms with Crippen molar-refractivity contribution in [2.75, 3.05) is 51.9 Å². The molecule has 37 heavy (non-hydrogen) atoms. The second-order valence-corrected chi connectivity index (χ2v) is 11.2. The molecule has 3 atom stereocenters. The van der Waals surface area contributed by atoms with Gasteiger partial charge in [0.2, 0.25) is 5.95 Å². The molecule has 9 nitrogen and oxygen atoms in total. The lowest BCUT2D eigenvalue weighted by Gasteiger charge is -2.39. The Bertz CT molecular complexity index is 1120. The van der Waals surface area contributed by atoms with Crippen LogP contribution in [-0.2, 0) is 4.74 Å². The summed E-state index contributed by atoms with van der Waals surface area (Å²) in [5.74, 6) is 2.18. The Hall–Kier alpha value is -2.91. The molecule has 3 unspecified atom stereocenters. The van der Waals surface area contributed by atoms with Gasteiger partial charge < -0.3 is 24.8 Å². The van der Waals surface area contributed by atoms with Gasteiger partial charge in [0.05, 0.1) is 26.0 Å². The van der Waals surface area contributed by atoms with E-state index in [0.29, 0.717) is 41.4 Å². The summed E-state index contributed by atoms with van der Waals surface area (Å²) in [6.45, 7) is 11.7. The van der Waals surface area contributed by atoms with E-state index in [1.807, 2.05) is 18.2 Å². The summed E-state index contributed by atoms with van der Waals surface area (Å²) >= 11 is 0. The Balaban J connectivity index is 1.26. The van der Waals surface area contributed by atoms with E-state index in [-0.39, 0.29) is 22.8 Å². The standard InChI is InChI=1S/C28H39N5O4/c1-27(2)19-7-9-28(27,3)24(17-19)32-25(34)21-8-10-29-26(30-21)31-22-18-20(35-4)5-6-23(22)37-16-13-33-11-14-36-15-12-33/h5-6,8,10,18-19,24H,7,9,11-17H2,1-4H3,(H,32,34)(H,29,30,31). The number of aromatic nitrogens is 2. The van der Waals surface area contributed by atoms with Gasteiger partial charge in [-0.3, -0.25) is 9.69 Å². The van der Waals surface area contributed by atoms with E-state index in [2.05, 4.69) is 46.3 Å². The van der Waals surface area contributed by atoms with Crippen LogP contribution in [0.4, 0.5) is 11.6 Å². The zero-order valence-electron chi connectivity index (χ0n) is 22.4. The zero-order valence-corrected chi connectivity index (χ0v) is 22.4. The highest BCUT2D eigenvalue weighted by Gasteiger charge is 2.61. The molecule has 200 valence electrons. The topological polar surface area (TPSA) is 97.8 Å². The highest BCUT2D eigenvalue weighted by atomic mass is 16.5. The fourth-order valence-corrected chi connectivity index (χ4v) is 6.29. The SMILES string of the molecule is COc1ccc(OCCN2CCOCC2)c(Nc2nccc(C(=O)NC3CC4CCC3(C)C4(C)C)n2)c1. The van der Waals surface area contributed by atoms with E-state index in [4.69, 9.17) is 14.2 Å². The van der Waals surface area contributed by atoms with Gasteiger partial charge >= 0.3 is 0 Å². The molecular weight excluding hydrogens is 470 g/mol. The molecule has 2 saturated carbocycles. The largest absolute Gasteiger partial charge is 0.497 e. The molecule has 2 heterocycles. The maximum absolute atomic E-state index is 13.2. The maximum Gasteiger partial charge on any atom is 0.270 e. The molecule has 0 spiro atoms. The Morgan fingerprint density at radius 3 is 2.73 bits per heavy atom. The second-order valence-electron chi connectivity index (χ2n) is 11.2. The number of amides is 1. The average molecular weight is 510 g/mol. The first-order chi connectivity index (χ1) is 17.8. The number of morpholine rings is 1. The third-order valence-electron chi connectivity index (χ3n) is 9.19. The predicted octanol–water partition coefficient (Wildman–Crippen LogP) is 3.88. The van der Waals surface area contributed by atoms with Crippen molar-refractivity contribution in [3.8, 4) is 11.5 Å². The number of ether oxygens (including phenoxy) is 3. The first kappa shape index (κ1) is 25.7. The molecule has 3 aliphatic rings. The number of hydrogen-bond acceptors (Lipinski definition) is 8. The Morgan fingerprint density at radius 2 is 2.03 bits per heavy atom. The van der Waals surface area contributed by atoms with Crippen molar-refractivity contribution < 1.29 is 19.0 Å². The van der Waals surface area contributed by atoms with Crippen molar-refractivity contribution in [1.29, 1.82) is 0 Å². The molecule has 5 rings (SSSR count). The van der Waals surface area contributed by atoms with E-state index in [1.54, 1.807) is 19.4 Å². The minimum Gasteiger partial charge on any atom is -0.497 e. The number of carbonyl (C=O) groups is 1. The third-order valence-corrected chi connectivity index (χ3v) is 9.19. The van der Waals surface area contributed by atoms with Gasteiger partial charge in [-0.15, -0.1) is 0 Å². The van der Waals surface area contributed by atoms with Gasteiger partial charge in [-0.05, 0) is 54.2 Å². The van der Waals surface area contributed by atoms with Crippen LogP contribution in [0.1, 0.15) is 50.5 Å². The van der Waals surface area contributed by atoms with Crippen molar-refractivity contribution in [1.82, 2.24) is 20.2 Å². The van der Waals surface area contributed by atoms with Crippen LogP contribution in [0.3, 0.4) is 0 Å². The summed E-state index contributed by atoms with van der Waals surface area (Å²) in [7, 11) is 1.62. The molecule has 1 saturated heterocycles. The smallest absolute Gasteiger partial charge is 0.270 e. The Morgan fingerprint density at radius 1 is 1.22 bits per heavy atom. The average Bonchev–Trinajstić information content (AvgIpc) is 3.24. The molecule has 3 fully saturated rings. The summed E-state index contributed by atoms with van der Waals surface area (Å²) in [6.07, 6.45) is 5.03. The Kier molecular flexibility index (Phi) is 7.27. The van der Waals surface area contributed by atoms with Crippen molar-refractivity contribution in [2.45, 2.75) is 46.1 Å². The minimum absolute atomic E-state index is 0.107. The molecule has 2 N–H and O–H groups in total. The molecule has 1 aliphatic heterocycles. The molecule has 2 bridgehead atoms. The predicted molar refractivity (Wildman–Crippen MR) is 142 cm³/mol. The van der Waals surface area contributed by atoms with Gasteiger partial charge in [0.25, 0.3) is 5.91 Å². The van der Waals surface area contributed by atoms with Crippen molar-refractivity contribution in [3.63, 3.8) is 0 Å². The van der Waals surface area contributed by atoms with Crippen LogP contribution in [0, 0.1) is 16.7 Å². The molecule has 9 heteroatoms. The number of benzene rings is 1. The molecule has 1 aromatic heterocycles. The minimum atomic E-state index is -0.160. The number of rotatable bonds is 9. The van der Waals surface area contributed by atoms with Crippen LogP contribution in [0.2, 0.25) is 0 Å². The summed E-state index contributed by atoms with van der Waals surface area (Å²) < 4.78 is 16.9. The monoisotopic (exact) mass is 509 g/mol. The number of nitrogens with zero attached hydrogens (tertiary/aromatic N) is 3. The fraction of sp³-hybridized carbons (Fsp3) is 0.607. The molecule has 1 amide bonds. The van der Waals surface area contributed by atoms with E-state index in [1.165, 1.54) is 6.42 Å². The lowest BCUT2D eigenvalue weighted by atomic mass is 9.69. The first-order valence-electron chi connectivity index (χ1n) is 13.3. The summed E-state index contributed by atoms with van der Waals surface area (Å²) in [5.41, 5.74) is 1.37. The summed E-state index contributed by atoms with van der Waals surface area (Å²) in [6, 6.07) is 7.39. The Labute approximate surface area is 219 Å². The molecule has 1 aromatic carbocycles. The lowest BCUT2D eigenvalue weighted by molar-refractivity contribution is 0.0323. The quantitative estimate of drug-likeness (QED) is 0.526. The maximum atomic E-state index is 13.2. The molecule has 2 aliphatic carbocycles. The van der Waals surface area contributed by atoms with E-state index >= 15 is 0 Å². The zero-order chi connectivity index (χ0) is 26.0. The van der Waals surface area contributed by atoms with Gasteiger partial charge in [0.1, 0.15) is 23.8 Å². The number of carbonyl (C=O) groups excluding carboxylic acids is 1. The van der Waals surface area contributed by atoms with Crippen LogP contribution >= 0.6 is 0 Å². The molecular formula is C28H39N5O4. The molecule has 0 radical (unpaired) electrons. The molecule has 2 aromatic rings. The van der Waals surface area contributed by atoms with Gasteiger partial charge in [-0.1, -0.05) is 20.8 Å². The van der Waals surface area contributed by atoms with Gasteiger partial charge in [-0.2, -0.15) is 0 Å². The number of hydrogen-bond donors (Lipinski definition) is 2. The summed E-state index contributed by atoms with van der Waals surface area (Å²) in [5, 5.41) is 6.52. The number of fused-ring (bicyclic) bond motifs is 2. The normalized spacial score (nSPS) is 26.6. The van der Waals surface area contributed by atoms with Gasteiger partial charge in [0.15, 0.2) is 0 Å². The van der Waals surface area contributed by atoms with Crippen LogP contribution in [0.25, 0.3) is 0 Å². The van der Waals surface area contributed by atoms with Gasteiger partial charge in [-0.25, -0.2) is 9.97 Å². The fourth-order valence-electron chi connectivity index (χ4n) is 6.29. The first-order valence-corrected chi connectivity index (χ1v) is 13.3. The van der Waals surface area contributed by atoms with E-state index in [0.717, 1.165) is 45.7 Å². The second kappa shape index (κ2) is 10.5. The van der Waals surface area contributed by atoms with E-state index < -0.39 is 0 Å². The van der Waals surface area contributed by atoms with Crippen molar-refractivity contribution in [2.24, 2.45) is 16.7 Å². The summed E-state index contributed by atoms with van der Waals surface area (Å²) in [4.78, 5) is 24.4. The number of methoxy groups -OCH3 is 1. The third kappa shape index (κ3) is 5.11. The highest BCUT2D eigenvalue weighted by molar-refractivity contribution is 5.92.